The molecule has 3 aliphatic rings. The van der Waals surface area contributed by atoms with Crippen LogP contribution in [0.5, 0.6) is 0 Å². The number of fused-ring (bicyclic) bond motifs is 1. The third kappa shape index (κ3) is 3.48. The second kappa shape index (κ2) is 7.24. The maximum Gasteiger partial charge on any atom is 0.278 e. The maximum atomic E-state index is 13.0. The van der Waals surface area contributed by atoms with Gasteiger partial charge in [-0.25, -0.2) is 4.98 Å². The first-order chi connectivity index (χ1) is 13.3. The number of H-pyrrole nitrogens is 1. The van der Waals surface area contributed by atoms with Crippen LogP contribution in [0.2, 0.25) is 0 Å². The quantitative estimate of drug-likeness (QED) is 0.848. The predicted molar refractivity (Wildman–Crippen MR) is 106 cm³/mol. The Balaban J connectivity index is 1.21. The molecule has 1 aliphatic carbocycles. The Morgan fingerprint density at radius 1 is 1.19 bits per heavy atom. The van der Waals surface area contributed by atoms with Crippen molar-refractivity contribution in [2.45, 2.75) is 25.3 Å². The number of hydrogen-bond donors (Lipinski definition) is 1. The zero-order valence-electron chi connectivity index (χ0n) is 15.7. The fourth-order valence-electron chi connectivity index (χ4n) is 4.78. The third-order valence-electron chi connectivity index (χ3n) is 6.37. The minimum Gasteiger partial charge on any atom is -0.330 e. The molecule has 0 radical (unpaired) electrons. The van der Waals surface area contributed by atoms with Gasteiger partial charge < -0.3 is 9.80 Å². The van der Waals surface area contributed by atoms with E-state index in [9.17, 15) is 4.79 Å². The highest BCUT2D eigenvalue weighted by atomic mass is 32.1. The lowest BCUT2D eigenvalue weighted by atomic mass is 9.96. The number of nitrogens with zero attached hydrogens (tertiary/aromatic N) is 2. The van der Waals surface area contributed by atoms with Crippen molar-refractivity contribution in [3.63, 3.8) is 0 Å². The summed E-state index contributed by atoms with van der Waals surface area (Å²) in [6, 6.07) is 9.04. The van der Waals surface area contributed by atoms with Gasteiger partial charge in [-0.2, -0.15) is 0 Å². The van der Waals surface area contributed by atoms with Gasteiger partial charge >= 0.3 is 0 Å². The molecule has 4 heterocycles. The van der Waals surface area contributed by atoms with Gasteiger partial charge in [0.2, 0.25) is 0 Å². The van der Waals surface area contributed by atoms with Gasteiger partial charge in [0.1, 0.15) is 19.1 Å². The Morgan fingerprint density at radius 3 is 2.78 bits per heavy atom. The highest BCUT2D eigenvalue weighted by Gasteiger charge is 2.44. The number of aromatic amines is 1. The number of hydrogen-bond acceptors (Lipinski definition) is 3. The summed E-state index contributed by atoms with van der Waals surface area (Å²) in [5, 5.41) is 2.24. The van der Waals surface area contributed by atoms with E-state index in [-0.39, 0.29) is 0 Å². The van der Waals surface area contributed by atoms with E-state index in [1.54, 1.807) is 10.4 Å². The van der Waals surface area contributed by atoms with E-state index >= 15 is 0 Å². The SMILES string of the molecule is O=C(C[NH+]1CCc2sccc2[C@@H]1C1CC1)N1CCN(c2cccc[nH+]2)CC1. The number of aromatic nitrogens is 1. The first-order valence-corrected chi connectivity index (χ1v) is 11.1. The number of carbonyl (C=O) groups is 1. The second-order valence-electron chi connectivity index (χ2n) is 8.06. The fourth-order valence-corrected chi connectivity index (χ4v) is 5.71. The summed E-state index contributed by atoms with van der Waals surface area (Å²) in [5.74, 6) is 2.28. The monoisotopic (exact) mass is 384 g/mol. The number of piperazine rings is 1. The van der Waals surface area contributed by atoms with Gasteiger partial charge in [-0.3, -0.25) is 9.69 Å². The molecule has 27 heavy (non-hydrogen) atoms. The zero-order valence-corrected chi connectivity index (χ0v) is 16.5. The molecule has 2 N–H and O–H groups in total. The van der Waals surface area contributed by atoms with Gasteiger partial charge in [-0.1, -0.05) is 6.07 Å². The van der Waals surface area contributed by atoms with Crippen LogP contribution in [0.15, 0.2) is 35.8 Å². The predicted octanol–water partition coefficient (Wildman–Crippen LogP) is 0.803. The number of nitrogens with one attached hydrogen (secondary N) is 2. The largest absolute Gasteiger partial charge is 0.330 e. The first kappa shape index (κ1) is 17.2. The lowest BCUT2D eigenvalue weighted by Crippen LogP contribution is -3.14. The minimum absolute atomic E-state index is 0.339. The van der Waals surface area contributed by atoms with E-state index < -0.39 is 0 Å². The summed E-state index contributed by atoms with van der Waals surface area (Å²) in [6.45, 7) is 5.23. The summed E-state index contributed by atoms with van der Waals surface area (Å²) in [5.41, 5.74) is 1.54. The topological polar surface area (TPSA) is 42.1 Å². The lowest BCUT2D eigenvalue weighted by Gasteiger charge is -2.35. The Bertz CT molecular complexity index is 796. The van der Waals surface area contributed by atoms with E-state index in [2.05, 4.69) is 38.4 Å². The van der Waals surface area contributed by atoms with Crippen LogP contribution in [-0.4, -0.2) is 50.1 Å². The minimum atomic E-state index is 0.339. The molecule has 1 unspecified atom stereocenters. The average Bonchev–Trinajstić information content (AvgIpc) is 3.44. The van der Waals surface area contributed by atoms with E-state index in [1.165, 1.54) is 17.7 Å². The molecule has 1 saturated heterocycles. The highest BCUT2D eigenvalue weighted by Crippen LogP contribution is 2.42. The van der Waals surface area contributed by atoms with E-state index in [1.807, 2.05) is 23.6 Å². The van der Waals surface area contributed by atoms with Gasteiger partial charge in [0.05, 0.1) is 25.8 Å². The molecular weight excluding hydrogens is 356 g/mol. The molecule has 1 amide bonds. The molecule has 0 bridgehead atoms. The van der Waals surface area contributed by atoms with Crippen molar-refractivity contribution < 1.29 is 14.7 Å². The molecule has 1 saturated carbocycles. The van der Waals surface area contributed by atoms with Crippen LogP contribution in [0.3, 0.4) is 0 Å². The summed E-state index contributed by atoms with van der Waals surface area (Å²) >= 11 is 1.90. The zero-order chi connectivity index (χ0) is 18.2. The maximum absolute atomic E-state index is 13.0. The van der Waals surface area contributed by atoms with Crippen LogP contribution in [0.4, 0.5) is 5.82 Å². The summed E-state index contributed by atoms with van der Waals surface area (Å²) in [7, 11) is 0. The molecule has 5 rings (SSSR count). The van der Waals surface area contributed by atoms with Gasteiger partial charge in [-0.05, 0) is 30.4 Å². The smallest absolute Gasteiger partial charge is 0.278 e. The van der Waals surface area contributed by atoms with Crippen LogP contribution >= 0.6 is 11.3 Å². The lowest BCUT2D eigenvalue weighted by molar-refractivity contribution is -0.929. The van der Waals surface area contributed by atoms with Crippen LogP contribution in [0, 0.1) is 5.92 Å². The number of anilines is 1. The van der Waals surface area contributed by atoms with Gasteiger partial charge in [-0.15, -0.1) is 11.3 Å². The third-order valence-corrected chi connectivity index (χ3v) is 7.36. The van der Waals surface area contributed by atoms with Crippen molar-refractivity contribution in [2.24, 2.45) is 5.92 Å². The summed E-state index contributed by atoms with van der Waals surface area (Å²) in [4.78, 5) is 23.8. The van der Waals surface area contributed by atoms with E-state index in [0.29, 0.717) is 18.5 Å². The fraction of sp³-hybridized carbons (Fsp3) is 0.524. The van der Waals surface area contributed by atoms with Gasteiger partial charge in [0, 0.05) is 28.8 Å². The number of pyridine rings is 1. The van der Waals surface area contributed by atoms with Crippen LogP contribution < -0.4 is 14.8 Å². The highest BCUT2D eigenvalue weighted by molar-refractivity contribution is 7.10. The molecule has 2 aliphatic heterocycles. The molecule has 0 spiro atoms. The molecular formula is C21H28N4OS+2. The molecule has 2 aromatic rings. The number of amides is 1. The van der Waals surface area contributed by atoms with Gasteiger partial charge in [0.15, 0.2) is 6.54 Å². The van der Waals surface area contributed by atoms with Crippen LogP contribution in [0.25, 0.3) is 0 Å². The van der Waals surface area contributed by atoms with Crippen LogP contribution in [0.1, 0.15) is 29.3 Å². The number of rotatable bonds is 4. The molecule has 2 fully saturated rings. The van der Waals surface area contributed by atoms with Crippen molar-refractivity contribution in [2.75, 3.05) is 44.2 Å². The molecule has 5 nitrogen and oxygen atoms in total. The van der Waals surface area contributed by atoms with Crippen molar-refractivity contribution in [3.05, 3.63) is 46.3 Å². The van der Waals surface area contributed by atoms with Crippen molar-refractivity contribution in [1.82, 2.24) is 4.90 Å². The number of thiophene rings is 1. The number of quaternary nitrogens is 1. The second-order valence-corrected chi connectivity index (χ2v) is 9.07. The van der Waals surface area contributed by atoms with Gasteiger partial charge in [0.25, 0.3) is 11.7 Å². The Kier molecular flexibility index (Phi) is 4.61. The van der Waals surface area contributed by atoms with E-state index in [0.717, 1.165) is 50.9 Å². The Hall–Kier alpha value is -1.92. The summed E-state index contributed by atoms with van der Waals surface area (Å²) < 4.78 is 0. The van der Waals surface area contributed by atoms with E-state index in [4.69, 9.17) is 0 Å². The molecule has 2 atom stereocenters. The normalized spacial score (nSPS) is 25.3. The average molecular weight is 385 g/mol. The number of carbonyl (C=O) groups excluding carboxylic acids is 1. The Labute approximate surface area is 164 Å². The van der Waals surface area contributed by atoms with Crippen molar-refractivity contribution >= 4 is 23.1 Å². The van der Waals surface area contributed by atoms with Crippen LogP contribution in [-0.2, 0) is 11.2 Å². The standard InChI is InChI=1S/C21H26N4OS/c26-20(24-12-10-23(11-13-24)19-3-1-2-8-22-19)15-25-9-6-18-17(7-14-27-18)21(25)16-4-5-16/h1-3,7-8,14,16,21H,4-6,9-13,15H2/p+2/t21-/m0/s1. The molecule has 6 heteroatoms. The molecule has 0 aromatic carbocycles. The molecule has 2 aromatic heterocycles. The van der Waals surface area contributed by atoms with Crippen molar-refractivity contribution in [1.29, 1.82) is 0 Å². The first-order valence-electron chi connectivity index (χ1n) is 10.2. The van der Waals surface area contributed by atoms with Crippen molar-refractivity contribution in [3.8, 4) is 0 Å². The summed E-state index contributed by atoms with van der Waals surface area (Å²) in [6.07, 6.45) is 5.77. The molecule has 142 valence electrons. The Morgan fingerprint density at radius 2 is 2.04 bits per heavy atom.